The fraction of sp³-hybridized carbons (Fsp3) is 1.00. The first-order valence-corrected chi connectivity index (χ1v) is 7.81. The van der Waals surface area contributed by atoms with Crippen molar-refractivity contribution in [2.24, 2.45) is 17.6 Å². The standard InChI is InChI=1S/C15H29NO2/c16-10-12-6-4-5-7-13(12)11-18-15-9-3-1-2-8-14(15)17/h12-15,17H,1-11,16H2. The van der Waals surface area contributed by atoms with Crippen LogP contribution in [0.25, 0.3) is 0 Å². The van der Waals surface area contributed by atoms with Crippen LogP contribution >= 0.6 is 0 Å². The van der Waals surface area contributed by atoms with Gasteiger partial charge in [0.25, 0.3) is 0 Å². The molecule has 2 fully saturated rings. The van der Waals surface area contributed by atoms with Gasteiger partial charge < -0.3 is 15.6 Å². The lowest BCUT2D eigenvalue weighted by Gasteiger charge is -2.32. The van der Waals surface area contributed by atoms with E-state index in [1.54, 1.807) is 0 Å². The number of hydrogen-bond donors (Lipinski definition) is 2. The van der Waals surface area contributed by atoms with Gasteiger partial charge in [-0.3, -0.25) is 0 Å². The van der Waals surface area contributed by atoms with E-state index in [9.17, 15) is 5.11 Å². The molecule has 3 heteroatoms. The molecule has 4 atom stereocenters. The summed E-state index contributed by atoms with van der Waals surface area (Å²) in [5, 5.41) is 10.1. The van der Waals surface area contributed by atoms with Gasteiger partial charge in [-0.2, -0.15) is 0 Å². The molecule has 0 bridgehead atoms. The van der Waals surface area contributed by atoms with Crippen LogP contribution in [0.3, 0.4) is 0 Å². The number of aliphatic hydroxyl groups excluding tert-OH is 1. The predicted molar refractivity (Wildman–Crippen MR) is 73.3 cm³/mol. The molecule has 0 heterocycles. The summed E-state index contributed by atoms with van der Waals surface area (Å²) in [5.41, 5.74) is 5.85. The van der Waals surface area contributed by atoms with Crippen LogP contribution in [0.15, 0.2) is 0 Å². The average molecular weight is 255 g/mol. The summed E-state index contributed by atoms with van der Waals surface area (Å²) >= 11 is 0. The van der Waals surface area contributed by atoms with Gasteiger partial charge in [-0.25, -0.2) is 0 Å². The van der Waals surface area contributed by atoms with E-state index in [2.05, 4.69) is 0 Å². The lowest BCUT2D eigenvalue weighted by atomic mass is 9.80. The molecule has 0 aromatic heterocycles. The molecule has 106 valence electrons. The third-order valence-electron chi connectivity index (χ3n) is 4.81. The molecule has 2 saturated carbocycles. The fourth-order valence-electron chi connectivity index (χ4n) is 3.51. The lowest BCUT2D eigenvalue weighted by Crippen LogP contribution is -2.34. The molecule has 18 heavy (non-hydrogen) atoms. The SMILES string of the molecule is NCC1CCCCC1COC1CCCCCC1O. The molecule has 0 aliphatic heterocycles. The maximum atomic E-state index is 10.1. The van der Waals surface area contributed by atoms with E-state index in [1.165, 1.54) is 38.5 Å². The number of aliphatic hydroxyl groups is 1. The summed E-state index contributed by atoms with van der Waals surface area (Å²) in [5.74, 6) is 1.26. The molecule has 0 saturated heterocycles. The van der Waals surface area contributed by atoms with Crippen molar-refractivity contribution in [3.05, 3.63) is 0 Å². The molecule has 4 unspecified atom stereocenters. The second-order valence-corrected chi connectivity index (χ2v) is 6.12. The number of nitrogens with two attached hydrogens (primary N) is 1. The van der Waals surface area contributed by atoms with Crippen molar-refractivity contribution in [3.8, 4) is 0 Å². The Morgan fingerprint density at radius 3 is 2.33 bits per heavy atom. The third-order valence-corrected chi connectivity index (χ3v) is 4.81. The number of rotatable bonds is 4. The van der Waals surface area contributed by atoms with Gasteiger partial charge in [0, 0.05) is 0 Å². The number of hydrogen-bond acceptors (Lipinski definition) is 3. The quantitative estimate of drug-likeness (QED) is 0.759. The molecule has 0 radical (unpaired) electrons. The van der Waals surface area contributed by atoms with Crippen LogP contribution in [0.5, 0.6) is 0 Å². The van der Waals surface area contributed by atoms with Gasteiger partial charge in [0.15, 0.2) is 0 Å². The van der Waals surface area contributed by atoms with Crippen molar-refractivity contribution in [2.75, 3.05) is 13.2 Å². The normalized spacial score (nSPS) is 38.3. The molecule has 0 spiro atoms. The maximum Gasteiger partial charge on any atom is 0.0834 e. The number of ether oxygens (including phenoxy) is 1. The van der Waals surface area contributed by atoms with E-state index < -0.39 is 0 Å². The summed E-state index contributed by atoms with van der Waals surface area (Å²) in [7, 11) is 0. The van der Waals surface area contributed by atoms with Gasteiger partial charge in [-0.05, 0) is 44.1 Å². The highest BCUT2D eigenvalue weighted by Gasteiger charge is 2.27. The van der Waals surface area contributed by atoms with Crippen LogP contribution in [0.4, 0.5) is 0 Å². The smallest absolute Gasteiger partial charge is 0.0834 e. The molecule has 3 N–H and O–H groups in total. The zero-order valence-electron chi connectivity index (χ0n) is 11.5. The Balaban J connectivity index is 1.78. The van der Waals surface area contributed by atoms with Crippen LogP contribution < -0.4 is 5.73 Å². The first-order chi connectivity index (χ1) is 8.81. The molecule has 2 aliphatic rings. The van der Waals surface area contributed by atoms with Crippen LogP contribution in [0, 0.1) is 11.8 Å². The third kappa shape index (κ3) is 3.94. The summed E-state index contributed by atoms with van der Waals surface area (Å²) in [6, 6.07) is 0. The minimum absolute atomic E-state index is 0.0767. The van der Waals surface area contributed by atoms with Crippen molar-refractivity contribution in [1.82, 2.24) is 0 Å². The molecule has 2 aliphatic carbocycles. The molecule has 2 rings (SSSR count). The Kier molecular flexibility index (Phi) is 5.93. The Bertz CT molecular complexity index is 233. The highest BCUT2D eigenvalue weighted by molar-refractivity contribution is 4.78. The summed E-state index contributed by atoms with van der Waals surface area (Å²) in [6.07, 6.45) is 10.5. The lowest BCUT2D eigenvalue weighted by molar-refractivity contribution is -0.0619. The predicted octanol–water partition coefficient (Wildman–Crippen LogP) is 2.46. The van der Waals surface area contributed by atoms with E-state index in [0.717, 1.165) is 32.4 Å². The molecular formula is C15H29NO2. The summed E-state index contributed by atoms with van der Waals surface area (Å²) in [6.45, 7) is 1.60. The maximum absolute atomic E-state index is 10.1. The van der Waals surface area contributed by atoms with Gasteiger partial charge in [-0.1, -0.05) is 32.1 Å². The van der Waals surface area contributed by atoms with Crippen molar-refractivity contribution in [3.63, 3.8) is 0 Å². The topological polar surface area (TPSA) is 55.5 Å². The average Bonchev–Trinajstić information content (AvgIpc) is 2.61. The summed E-state index contributed by atoms with van der Waals surface area (Å²) < 4.78 is 6.04. The largest absolute Gasteiger partial charge is 0.390 e. The Morgan fingerprint density at radius 1 is 0.889 bits per heavy atom. The van der Waals surface area contributed by atoms with Crippen LogP contribution in [-0.4, -0.2) is 30.5 Å². The minimum Gasteiger partial charge on any atom is -0.390 e. The summed E-state index contributed by atoms with van der Waals surface area (Å²) in [4.78, 5) is 0. The van der Waals surface area contributed by atoms with Gasteiger partial charge in [0.1, 0.15) is 0 Å². The highest BCUT2D eigenvalue weighted by atomic mass is 16.5. The Morgan fingerprint density at radius 2 is 1.56 bits per heavy atom. The first kappa shape index (κ1) is 14.3. The Labute approximate surface area is 111 Å². The van der Waals surface area contributed by atoms with Crippen LogP contribution in [0.1, 0.15) is 57.8 Å². The molecule has 0 aromatic rings. The van der Waals surface area contributed by atoms with Crippen molar-refractivity contribution < 1.29 is 9.84 Å². The van der Waals surface area contributed by atoms with Crippen molar-refractivity contribution >= 4 is 0 Å². The monoisotopic (exact) mass is 255 g/mol. The zero-order valence-corrected chi connectivity index (χ0v) is 11.5. The second-order valence-electron chi connectivity index (χ2n) is 6.12. The van der Waals surface area contributed by atoms with E-state index in [4.69, 9.17) is 10.5 Å². The van der Waals surface area contributed by atoms with Gasteiger partial charge in [-0.15, -0.1) is 0 Å². The van der Waals surface area contributed by atoms with E-state index in [1.807, 2.05) is 0 Å². The van der Waals surface area contributed by atoms with Crippen molar-refractivity contribution in [2.45, 2.75) is 70.0 Å². The van der Waals surface area contributed by atoms with Gasteiger partial charge in [0.2, 0.25) is 0 Å². The van der Waals surface area contributed by atoms with Gasteiger partial charge >= 0.3 is 0 Å². The van der Waals surface area contributed by atoms with E-state index in [-0.39, 0.29) is 12.2 Å². The molecular weight excluding hydrogens is 226 g/mol. The highest BCUT2D eigenvalue weighted by Crippen LogP contribution is 2.30. The van der Waals surface area contributed by atoms with Gasteiger partial charge in [0.05, 0.1) is 18.8 Å². The van der Waals surface area contributed by atoms with Crippen molar-refractivity contribution in [1.29, 1.82) is 0 Å². The fourth-order valence-corrected chi connectivity index (χ4v) is 3.51. The molecule has 0 amide bonds. The minimum atomic E-state index is -0.243. The molecule has 3 nitrogen and oxygen atoms in total. The first-order valence-electron chi connectivity index (χ1n) is 7.81. The second kappa shape index (κ2) is 7.46. The van der Waals surface area contributed by atoms with E-state index >= 15 is 0 Å². The van der Waals surface area contributed by atoms with E-state index in [0.29, 0.717) is 11.8 Å². The molecule has 0 aromatic carbocycles. The van der Waals surface area contributed by atoms with Crippen LogP contribution in [-0.2, 0) is 4.74 Å². The van der Waals surface area contributed by atoms with Crippen LogP contribution in [0.2, 0.25) is 0 Å². The zero-order chi connectivity index (χ0) is 12.8. The Hall–Kier alpha value is -0.120.